The smallest absolute Gasteiger partial charge is 0.256 e. The molecule has 35 heavy (non-hydrogen) atoms. The molecule has 0 saturated carbocycles. The SMILES string of the molecule is COc1cccc(COC(CN2CCN(C(=O)c3cccnc3SC)CC2)c2ccc(Cl)cc2)c1. The number of ether oxygens (including phenoxy) is 2. The van der Waals surface area contributed by atoms with Gasteiger partial charge in [-0.3, -0.25) is 9.69 Å². The Labute approximate surface area is 216 Å². The predicted molar refractivity (Wildman–Crippen MR) is 140 cm³/mol. The summed E-state index contributed by atoms with van der Waals surface area (Å²) in [6.07, 6.45) is 3.55. The van der Waals surface area contributed by atoms with Crippen LogP contribution in [-0.4, -0.2) is 66.8 Å². The molecule has 1 aromatic heterocycles. The van der Waals surface area contributed by atoms with Crippen LogP contribution in [0.5, 0.6) is 5.75 Å². The van der Waals surface area contributed by atoms with Gasteiger partial charge in [-0.1, -0.05) is 35.9 Å². The molecule has 3 aromatic rings. The van der Waals surface area contributed by atoms with Gasteiger partial charge in [-0.25, -0.2) is 4.98 Å². The van der Waals surface area contributed by atoms with E-state index in [0.29, 0.717) is 30.3 Å². The van der Waals surface area contributed by atoms with Crippen molar-refractivity contribution >= 4 is 29.3 Å². The van der Waals surface area contributed by atoms with Gasteiger partial charge < -0.3 is 14.4 Å². The molecular weight excluding hydrogens is 482 g/mol. The van der Waals surface area contributed by atoms with Crippen LogP contribution in [0.25, 0.3) is 0 Å². The first-order chi connectivity index (χ1) is 17.1. The van der Waals surface area contributed by atoms with Gasteiger partial charge in [0.1, 0.15) is 10.8 Å². The third kappa shape index (κ3) is 6.76. The van der Waals surface area contributed by atoms with E-state index in [2.05, 4.69) is 9.88 Å². The van der Waals surface area contributed by atoms with Gasteiger partial charge in [-0.15, -0.1) is 11.8 Å². The molecule has 0 aliphatic carbocycles. The van der Waals surface area contributed by atoms with Crippen LogP contribution in [0.4, 0.5) is 0 Å². The molecule has 0 radical (unpaired) electrons. The summed E-state index contributed by atoms with van der Waals surface area (Å²) in [5, 5.41) is 1.47. The third-order valence-electron chi connectivity index (χ3n) is 6.11. The number of benzene rings is 2. The van der Waals surface area contributed by atoms with E-state index in [9.17, 15) is 4.79 Å². The Hall–Kier alpha value is -2.58. The lowest BCUT2D eigenvalue weighted by atomic mass is 10.1. The highest BCUT2D eigenvalue weighted by Crippen LogP contribution is 2.25. The first kappa shape index (κ1) is 25.5. The highest BCUT2D eigenvalue weighted by molar-refractivity contribution is 7.98. The molecule has 0 bridgehead atoms. The summed E-state index contributed by atoms with van der Waals surface area (Å²) >= 11 is 7.62. The van der Waals surface area contributed by atoms with Crippen LogP contribution in [0, 0.1) is 0 Å². The van der Waals surface area contributed by atoms with Crippen LogP contribution in [0.2, 0.25) is 5.02 Å². The van der Waals surface area contributed by atoms with Gasteiger partial charge in [0.15, 0.2) is 0 Å². The number of hydrogen-bond donors (Lipinski definition) is 0. The van der Waals surface area contributed by atoms with Crippen molar-refractivity contribution in [3.63, 3.8) is 0 Å². The third-order valence-corrected chi connectivity index (χ3v) is 7.07. The fourth-order valence-electron chi connectivity index (χ4n) is 4.15. The van der Waals surface area contributed by atoms with Crippen molar-refractivity contribution in [1.82, 2.24) is 14.8 Å². The zero-order valence-electron chi connectivity index (χ0n) is 20.0. The van der Waals surface area contributed by atoms with E-state index in [-0.39, 0.29) is 12.0 Å². The van der Waals surface area contributed by atoms with E-state index >= 15 is 0 Å². The molecule has 1 aliphatic heterocycles. The van der Waals surface area contributed by atoms with E-state index < -0.39 is 0 Å². The Morgan fingerprint density at radius 3 is 2.57 bits per heavy atom. The van der Waals surface area contributed by atoms with Crippen LogP contribution in [-0.2, 0) is 11.3 Å². The summed E-state index contributed by atoms with van der Waals surface area (Å²) in [6.45, 7) is 4.12. The van der Waals surface area contributed by atoms with Gasteiger partial charge in [0.2, 0.25) is 0 Å². The fourth-order valence-corrected chi connectivity index (χ4v) is 4.81. The number of amides is 1. The molecule has 2 aromatic carbocycles. The minimum absolute atomic E-state index is 0.0469. The fraction of sp³-hybridized carbons (Fsp3) is 0.333. The topological polar surface area (TPSA) is 54.9 Å². The minimum Gasteiger partial charge on any atom is -0.497 e. The van der Waals surface area contributed by atoms with E-state index in [1.807, 2.05) is 71.8 Å². The maximum Gasteiger partial charge on any atom is 0.256 e. The van der Waals surface area contributed by atoms with Crippen LogP contribution >= 0.6 is 23.4 Å². The van der Waals surface area contributed by atoms with Crippen molar-refractivity contribution in [2.75, 3.05) is 46.1 Å². The van der Waals surface area contributed by atoms with E-state index in [4.69, 9.17) is 21.1 Å². The van der Waals surface area contributed by atoms with Crippen LogP contribution in [0.3, 0.4) is 0 Å². The molecule has 0 N–H and O–H groups in total. The number of rotatable bonds is 9. The maximum atomic E-state index is 13.1. The zero-order valence-corrected chi connectivity index (χ0v) is 21.6. The Kier molecular flexibility index (Phi) is 9.04. The van der Waals surface area contributed by atoms with Gasteiger partial charge in [-0.2, -0.15) is 0 Å². The van der Waals surface area contributed by atoms with Crippen molar-refractivity contribution in [2.45, 2.75) is 17.7 Å². The number of thioether (sulfide) groups is 1. The summed E-state index contributed by atoms with van der Waals surface area (Å²) in [5.74, 6) is 0.860. The molecule has 1 unspecified atom stereocenters. The van der Waals surface area contributed by atoms with Gasteiger partial charge >= 0.3 is 0 Å². The number of pyridine rings is 1. The number of halogens is 1. The first-order valence-electron chi connectivity index (χ1n) is 11.6. The van der Waals surface area contributed by atoms with Crippen molar-refractivity contribution in [1.29, 1.82) is 0 Å². The average molecular weight is 512 g/mol. The van der Waals surface area contributed by atoms with E-state index in [0.717, 1.165) is 41.5 Å². The summed E-state index contributed by atoms with van der Waals surface area (Å²) < 4.78 is 11.7. The van der Waals surface area contributed by atoms with Crippen molar-refractivity contribution < 1.29 is 14.3 Å². The number of carbonyl (C=O) groups excluding carboxylic acids is 1. The molecule has 8 heteroatoms. The van der Waals surface area contributed by atoms with Crippen molar-refractivity contribution in [2.24, 2.45) is 0 Å². The lowest BCUT2D eigenvalue weighted by Crippen LogP contribution is -2.49. The Morgan fingerprint density at radius 2 is 1.86 bits per heavy atom. The molecule has 1 atom stereocenters. The Morgan fingerprint density at radius 1 is 1.09 bits per heavy atom. The number of aromatic nitrogens is 1. The van der Waals surface area contributed by atoms with Gasteiger partial charge in [-0.05, 0) is 53.8 Å². The second-order valence-electron chi connectivity index (χ2n) is 8.36. The number of hydrogen-bond acceptors (Lipinski definition) is 6. The van der Waals surface area contributed by atoms with Gasteiger partial charge in [0.25, 0.3) is 5.91 Å². The molecule has 1 fully saturated rings. The van der Waals surface area contributed by atoms with Crippen LogP contribution in [0.15, 0.2) is 71.9 Å². The highest BCUT2D eigenvalue weighted by Gasteiger charge is 2.26. The molecule has 2 heterocycles. The van der Waals surface area contributed by atoms with Crippen LogP contribution < -0.4 is 4.74 Å². The standard InChI is InChI=1S/C27H30ClN3O3S/c1-33-23-6-3-5-20(17-23)19-34-25(21-8-10-22(28)11-9-21)18-30-13-15-31(16-14-30)27(32)24-7-4-12-29-26(24)35-2/h3-12,17,25H,13-16,18-19H2,1-2H3. The molecule has 6 nitrogen and oxygen atoms in total. The molecule has 184 valence electrons. The molecule has 1 aliphatic rings. The lowest BCUT2D eigenvalue weighted by molar-refractivity contribution is 0.00333. The molecule has 1 amide bonds. The second-order valence-corrected chi connectivity index (χ2v) is 9.59. The number of methoxy groups -OCH3 is 1. The summed E-state index contributed by atoms with van der Waals surface area (Å²) in [4.78, 5) is 21.7. The van der Waals surface area contributed by atoms with Crippen LogP contribution in [0.1, 0.15) is 27.6 Å². The minimum atomic E-state index is -0.123. The molecular formula is C27H30ClN3O3S. The quantitative estimate of drug-likeness (QED) is 0.369. The molecule has 0 spiro atoms. The summed E-state index contributed by atoms with van der Waals surface area (Å²) in [6, 6.07) is 19.4. The average Bonchev–Trinajstić information content (AvgIpc) is 2.91. The Balaban J connectivity index is 1.40. The lowest BCUT2D eigenvalue weighted by Gasteiger charge is -2.36. The predicted octanol–water partition coefficient (Wildman–Crippen LogP) is 5.18. The normalized spacial score (nSPS) is 15.1. The molecule has 1 saturated heterocycles. The maximum absolute atomic E-state index is 13.1. The van der Waals surface area contributed by atoms with Crippen molar-refractivity contribution in [3.8, 4) is 5.75 Å². The second kappa shape index (κ2) is 12.4. The molecule has 4 rings (SSSR count). The van der Waals surface area contributed by atoms with Gasteiger partial charge in [0, 0.05) is 43.9 Å². The first-order valence-corrected chi connectivity index (χ1v) is 13.2. The summed E-state index contributed by atoms with van der Waals surface area (Å²) in [5.41, 5.74) is 2.81. The Bertz CT molecular complexity index is 1120. The number of piperazine rings is 1. The van der Waals surface area contributed by atoms with Crippen molar-refractivity contribution in [3.05, 3.63) is 88.6 Å². The monoisotopic (exact) mass is 511 g/mol. The highest BCUT2D eigenvalue weighted by atomic mass is 35.5. The van der Waals surface area contributed by atoms with E-state index in [1.165, 1.54) is 11.8 Å². The zero-order chi connectivity index (χ0) is 24.6. The van der Waals surface area contributed by atoms with Gasteiger partial charge in [0.05, 0.1) is 25.4 Å². The largest absolute Gasteiger partial charge is 0.497 e. The number of nitrogens with zero attached hydrogens (tertiary/aromatic N) is 3. The van der Waals surface area contributed by atoms with E-state index in [1.54, 1.807) is 13.3 Å². The summed E-state index contributed by atoms with van der Waals surface area (Å²) in [7, 11) is 1.66. The number of carbonyl (C=O) groups is 1.